The Morgan fingerprint density at radius 3 is 1.03 bits per heavy atom. The van der Waals surface area contributed by atoms with Crippen LogP contribution in [0.2, 0.25) is 0 Å². The molecule has 352 valence electrons. The van der Waals surface area contributed by atoms with Gasteiger partial charge in [0.1, 0.15) is 18.0 Å². The first-order chi connectivity index (χ1) is 29.4. The maximum absolute atomic E-state index is 11.6. The van der Waals surface area contributed by atoms with Gasteiger partial charge in [-0.2, -0.15) is 0 Å². The molecule has 0 aromatic heterocycles. The Labute approximate surface area is 361 Å². The van der Waals surface area contributed by atoms with Gasteiger partial charge in [0.05, 0.1) is 165 Å². The van der Waals surface area contributed by atoms with Gasteiger partial charge in [0.25, 0.3) is 0 Å². The van der Waals surface area contributed by atoms with Gasteiger partial charge in [-0.05, 0) is 51.3 Å². The van der Waals surface area contributed by atoms with E-state index in [9.17, 15) is 4.79 Å². The van der Waals surface area contributed by atoms with Crippen LogP contribution in [-0.2, 0) is 72.8 Å². The minimum Gasteiger partial charge on any atom is -0.491 e. The van der Waals surface area contributed by atoms with Gasteiger partial charge in [-0.25, -0.2) is 0 Å². The molecular weight excluding hydrogens is 780 g/mol. The summed E-state index contributed by atoms with van der Waals surface area (Å²) in [6.07, 6.45) is 9.29. The molecule has 0 bridgehead atoms. The number of hydrogen-bond donors (Lipinski definition) is 0. The van der Waals surface area contributed by atoms with Crippen molar-refractivity contribution in [3.8, 4) is 5.75 Å². The topological polar surface area (TPSA) is 146 Å². The zero-order valence-electron chi connectivity index (χ0n) is 37.8. The lowest BCUT2D eigenvalue weighted by atomic mass is 10.0. The van der Waals surface area contributed by atoms with E-state index in [1.807, 2.05) is 32.9 Å². The van der Waals surface area contributed by atoms with Crippen LogP contribution < -0.4 is 4.74 Å². The first kappa shape index (κ1) is 56.0. The zero-order valence-corrected chi connectivity index (χ0v) is 37.8. The molecule has 60 heavy (non-hydrogen) atoms. The SMILES string of the molecule is CCCCCCCCc1ccc(OCCOCCOCCOCCOCCOCCOCCOCCOCCOCCOCCOCCOCCC(=O)OC(C)(C)C)cc1. The van der Waals surface area contributed by atoms with Crippen LogP contribution in [0.15, 0.2) is 24.3 Å². The molecular formula is C45H82O15. The fourth-order valence-electron chi connectivity index (χ4n) is 5.15. The summed E-state index contributed by atoms with van der Waals surface area (Å²) in [5.74, 6) is 0.615. The van der Waals surface area contributed by atoms with E-state index in [1.165, 1.54) is 44.1 Å². The van der Waals surface area contributed by atoms with Gasteiger partial charge in [0, 0.05) is 0 Å². The van der Waals surface area contributed by atoms with E-state index in [4.69, 9.17) is 66.3 Å². The normalized spacial score (nSPS) is 11.7. The number of ether oxygens (including phenoxy) is 14. The summed E-state index contributed by atoms with van der Waals surface area (Å²) in [4.78, 5) is 11.6. The van der Waals surface area contributed by atoms with Gasteiger partial charge < -0.3 is 66.3 Å². The quantitative estimate of drug-likeness (QED) is 0.0566. The van der Waals surface area contributed by atoms with Crippen molar-refractivity contribution in [2.75, 3.05) is 165 Å². The van der Waals surface area contributed by atoms with E-state index in [2.05, 4.69) is 19.1 Å². The summed E-state index contributed by atoms with van der Waals surface area (Å²) < 4.78 is 77.0. The third kappa shape index (κ3) is 42.7. The van der Waals surface area contributed by atoms with Crippen molar-refractivity contribution in [3.63, 3.8) is 0 Å². The number of unbranched alkanes of at least 4 members (excludes halogenated alkanes) is 5. The number of hydrogen-bond acceptors (Lipinski definition) is 15. The second kappa shape index (κ2) is 43.7. The van der Waals surface area contributed by atoms with Gasteiger partial charge in [-0.1, -0.05) is 51.2 Å². The van der Waals surface area contributed by atoms with E-state index in [0.29, 0.717) is 165 Å². The lowest BCUT2D eigenvalue weighted by Crippen LogP contribution is -2.24. The standard InChI is InChI=1S/C45H82O15/c1-5-6-7-8-9-10-11-42-12-14-43(15-13-42)59-41-40-58-39-38-57-37-36-56-35-34-55-33-32-54-31-30-53-29-28-52-27-26-51-25-24-50-23-22-49-21-20-48-19-18-47-17-16-44(46)60-45(2,3)4/h12-15H,5-11,16-41H2,1-4H3. The summed E-state index contributed by atoms with van der Waals surface area (Å²) in [5.41, 5.74) is 0.897. The average Bonchev–Trinajstić information content (AvgIpc) is 3.22. The van der Waals surface area contributed by atoms with Crippen molar-refractivity contribution in [2.45, 2.75) is 84.7 Å². The van der Waals surface area contributed by atoms with E-state index < -0.39 is 5.60 Å². The highest BCUT2D eigenvalue weighted by molar-refractivity contribution is 5.69. The van der Waals surface area contributed by atoms with Crippen LogP contribution >= 0.6 is 0 Å². The Bertz CT molecular complexity index is 1020. The molecule has 0 atom stereocenters. The van der Waals surface area contributed by atoms with Crippen LogP contribution in [0.5, 0.6) is 5.75 Å². The lowest BCUT2D eigenvalue weighted by molar-refractivity contribution is -0.156. The van der Waals surface area contributed by atoms with Gasteiger partial charge in [-0.3, -0.25) is 4.79 Å². The van der Waals surface area contributed by atoms with Crippen LogP contribution in [-0.4, -0.2) is 177 Å². The van der Waals surface area contributed by atoms with Crippen molar-refractivity contribution >= 4 is 5.97 Å². The van der Waals surface area contributed by atoms with E-state index in [1.54, 1.807) is 0 Å². The third-order valence-electron chi connectivity index (χ3n) is 8.20. The lowest BCUT2D eigenvalue weighted by Gasteiger charge is -2.19. The average molecular weight is 863 g/mol. The minimum atomic E-state index is -0.477. The first-order valence-electron chi connectivity index (χ1n) is 22.3. The second-order valence-corrected chi connectivity index (χ2v) is 14.7. The molecule has 0 N–H and O–H groups in total. The van der Waals surface area contributed by atoms with Crippen LogP contribution in [0.3, 0.4) is 0 Å². The molecule has 0 spiro atoms. The van der Waals surface area contributed by atoms with E-state index >= 15 is 0 Å². The Morgan fingerprint density at radius 1 is 0.400 bits per heavy atom. The molecule has 1 aromatic carbocycles. The summed E-state index contributed by atoms with van der Waals surface area (Å²) >= 11 is 0. The number of carbonyl (C=O) groups is 1. The van der Waals surface area contributed by atoms with E-state index in [0.717, 1.165) is 12.2 Å². The maximum Gasteiger partial charge on any atom is 0.308 e. The third-order valence-corrected chi connectivity index (χ3v) is 8.20. The summed E-state index contributed by atoms with van der Waals surface area (Å²) in [5, 5.41) is 0. The van der Waals surface area contributed by atoms with Gasteiger partial charge >= 0.3 is 5.97 Å². The fourth-order valence-corrected chi connectivity index (χ4v) is 5.15. The number of benzene rings is 1. The van der Waals surface area contributed by atoms with Crippen molar-refractivity contribution in [3.05, 3.63) is 29.8 Å². The largest absolute Gasteiger partial charge is 0.491 e. The molecule has 0 amide bonds. The van der Waals surface area contributed by atoms with E-state index in [-0.39, 0.29) is 12.4 Å². The summed E-state index contributed by atoms with van der Waals surface area (Å²) in [7, 11) is 0. The summed E-state index contributed by atoms with van der Waals surface area (Å²) in [6, 6.07) is 8.43. The highest BCUT2D eigenvalue weighted by Gasteiger charge is 2.15. The van der Waals surface area contributed by atoms with Crippen molar-refractivity contribution in [2.24, 2.45) is 0 Å². The first-order valence-corrected chi connectivity index (χ1v) is 22.3. The molecule has 0 unspecified atom stereocenters. The number of rotatable bonds is 47. The highest BCUT2D eigenvalue weighted by Crippen LogP contribution is 2.15. The van der Waals surface area contributed by atoms with Gasteiger partial charge in [-0.15, -0.1) is 0 Å². The maximum atomic E-state index is 11.6. The van der Waals surface area contributed by atoms with Crippen LogP contribution in [0.1, 0.15) is 78.2 Å². The van der Waals surface area contributed by atoms with Crippen molar-refractivity contribution in [1.82, 2.24) is 0 Å². The monoisotopic (exact) mass is 863 g/mol. The molecule has 0 saturated carbocycles. The molecule has 0 radical (unpaired) electrons. The predicted octanol–water partition coefficient (Wildman–Crippen LogP) is 5.90. The molecule has 1 aromatic rings. The Balaban J connectivity index is 1.66. The molecule has 0 fully saturated rings. The van der Waals surface area contributed by atoms with Gasteiger partial charge in [0.15, 0.2) is 0 Å². The number of aryl methyl sites for hydroxylation is 1. The molecule has 0 heterocycles. The fraction of sp³-hybridized carbons (Fsp3) is 0.844. The Morgan fingerprint density at radius 2 is 0.700 bits per heavy atom. The number of esters is 1. The molecule has 15 heteroatoms. The number of carbonyl (C=O) groups excluding carboxylic acids is 1. The smallest absolute Gasteiger partial charge is 0.308 e. The zero-order chi connectivity index (χ0) is 43.3. The molecule has 0 aliphatic heterocycles. The molecule has 15 nitrogen and oxygen atoms in total. The molecule has 1 rings (SSSR count). The van der Waals surface area contributed by atoms with Crippen LogP contribution in [0, 0.1) is 0 Å². The highest BCUT2D eigenvalue weighted by atomic mass is 16.6. The molecule has 0 aliphatic carbocycles. The Hall–Kier alpha value is -1.99. The molecule has 0 saturated heterocycles. The van der Waals surface area contributed by atoms with Crippen molar-refractivity contribution in [1.29, 1.82) is 0 Å². The molecule has 0 aliphatic rings. The second-order valence-electron chi connectivity index (χ2n) is 14.7. The van der Waals surface area contributed by atoms with Crippen LogP contribution in [0.4, 0.5) is 0 Å². The Kier molecular flexibility index (Phi) is 40.8. The predicted molar refractivity (Wildman–Crippen MR) is 229 cm³/mol. The van der Waals surface area contributed by atoms with Gasteiger partial charge in [0.2, 0.25) is 0 Å². The van der Waals surface area contributed by atoms with Crippen LogP contribution in [0.25, 0.3) is 0 Å². The summed E-state index contributed by atoms with van der Waals surface area (Å²) in [6.45, 7) is 19.9. The minimum absolute atomic E-state index is 0.230. The van der Waals surface area contributed by atoms with Crippen molar-refractivity contribution < 1.29 is 71.1 Å².